The Labute approximate surface area is 118 Å². The Morgan fingerprint density at radius 2 is 2.35 bits per heavy atom. The topological polar surface area (TPSA) is 69.7 Å². The molecule has 6 heteroatoms. The molecule has 6 nitrogen and oxygen atoms in total. The number of aromatic nitrogens is 4. The van der Waals surface area contributed by atoms with Crippen molar-refractivity contribution < 1.29 is 0 Å². The summed E-state index contributed by atoms with van der Waals surface area (Å²) in [5, 5.41) is 3.10. The maximum atomic E-state index is 4.62. The smallest absolute Gasteiger partial charge is 0.129 e. The fraction of sp³-hybridized carbons (Fsp3) is 0.500. The van der Waals surface area contributed by atoms with Crippen LogP contribution >= 0.6 is 0 Å². The summed E-state index contributed by atoms with van der Waals surface area (Å²) in [6.45, 7) is 3.87. The third-order valence-electron chi connectivity index (χ3n) is 3.73. The number of nitrogens with one attached hydrogen (secondary N) is 2. The van der Waals surface area contributed by atoms with E-state index in [1.807, 2.05) is 20.2 Å². The zero-order chi connectivity index (χ0) is 13.9. The molecule has 3 rings (SSSR count). The molecule has 0 aromatic carbocycles. The molecule has 2 aromatic rings. The van der Waals surface area contributed by atoms with Gasteiger partial charge in [0, 0.05) is 25.5 Å². The lowest BCUT2D eigenvalue weighted by Crippen LogP contribution is -2.24. The third-order valence-corrected chi connectivity index (χ3v) is 3.73. The first-order valence-corrected chi connectivity index (χ1v) is 7.02. The van der Waals surface area contributed by atoms with Crippen molar-refractivity contribution >= 4 is 5.82 Å². The highest BCUT2D eigenvalue weighted by atomic mass is 15.2. The molecule has 106 valence electrons. The highest BCUT2D eigenvalue weighted by Crippen LogP contribution is 2.32. The molecule has 1 aliphatic heterocycles. The van der Waals surface area contributed by atoms with Gasteiger partial charge in [-0.15, -0.1) is 0 Å². The zero-order valence-corrected chi connectivity index (χ0v) is 11.9. The van der Waals surface area contributed by atoms with E-state index in [2.05, 4.69) is 36.2 Å². The number of hydrogen-bond donors (Lipinski definition) is 2. The summed E-state index contributed by atoms with van der Waals surface area (Å²) in [7, 11) is 1.89. The largest absolute Gasteiger partial charge is 0.373 e. The Morgan fingerprint density at radius 1 is 1.45 bits per heavy atom. The van der Waals surface area contributed by atoms with E-state index < -0.39 is 0 Å². The van der Waals surface area contributed by atoms with Crippen molar-refractivity contribution in [2.45, 2.75) is 32.4 Å². The number of rotatable bonds is 4. The minimum Gasteiger partial charge on any atom is -0.373 e. The van der Waals surface area contributed by atoms with E-state index in [4.69, 9.17) is 0 Å². The van der Waals surface area contributed by atoms with E-state index >= 15 is 0 Å². The number of H-pyrrole nitrogens is 1. The van der Waals surface area contributed by atoms with Gasteiger partial charge in [-0.3, -0.25) is 4.90 Å². The molecule has 0 radical (unpaired) electrons. The number of aromatic amines is 1. The van der Waals surface area contributed by atoms with Gasteiger partial charge >= 0.3 is 0 Å². The zero-order valence-electron chi connectivity index (χ0n) is 11.9. The van der Waals surface area contributed by atoms with Crippen LogP contribution in [0.4, 0.5) is 5.82 Å². The van der Waals surface area contributed by atoms with Crippen LogP contribution in [0.1, 0.15) is 36.2 Å². The minimum atomic E-state index is 0.355. The Morgan fingerprint density at radius 3 is 3.10 bits per heavy atom. The molecular weight excluding hydrogens is 252 g/mol. The Hall–Kier alpha value is -1.95. The first-order valence-electron chi connectivity index (χ1n) is 7.02. The second-order valence-electron chi connectivity index (χ2n) is 5.14. The standard InChI is InChI=1S/C14H20N6/c1-10-18-11(8-13(15-2)19-10)12-4-3-7-20(12)9-14-16-5-6-17-14/h5-6,8,12H,3-4,7,9H2,1-2H3,(H,16,17)(H,15,18,19). The third kappa shape index (κ3) is 2.65. The van der Waals surface area contributed by atoms with Crippen LogP contribution in [-0.4, -0.2) is 38.4 Å². The monoisotopic (exact) mass is 272 g/mol. The average Bonchev–Trinajstić information content (AvgIpc) is 3.10. The van der Waals surface area contributed by atoms with Gasteiger partial charge in [0.05, 0.1) is 18.3 Å². The van der Waals surface area contributed by atoms with Crippen molar-refractivity contribution in [2.24, 2.45) is 0 Å². The van der Waals surface area contributed by atoms with E-state index in [9.17, 15) is 0 Å². The second kappa shape index (κ2) is 5.58. The van der Waals surface area contributed by atoms with Crippen LogP contribution in [0, 0.1) is 6.92 Å². The number of hydrogen-bond acceptors (Lipinski definition) is 5. The van der Waals surface area contributed by atoms with Crippen LogP contribution in [0.15, 0.2) is 18.5 Å². The van der Waals surface area contributed by atoms with Gasteiger partial charge in [0.25, 0.3) is 0 Å². The predicted molar refractivity (Wildman–Crippen MR) is 77.3 cm³/mol. The molecule has 1 atom stereocenters. The van der Waals surface area contributed by atoms with Crippen LogP contribution in [-0.2, 0) is 6.54 Å². The van der Waals surface area contributed by atoms with Gasteiger partial charge in [0.2, 0.25) is 0 Å². The normalized spacial score (nSPS) is 19.4. The van der Waals surface area contributed by atoms with E-state index in [0.717, 1.165) is 42.7 Å². The van der Waals surface area contributed by atoms with Gasteiger partial charge in [-0.25, -0.2) is 15.0 Å². The van der Waals surface area contributed by atoms with E-state index in [-0.39, 0.29) is 0 Å². The van der Waals surface area contributed by atoms with Gasteiger partial charge in [-0.2, -0.15) is 0 Å². The number of nitrogens with zero attached hydrogens (tertiary/aromatic N) is 4. The quantitative estimate of drug-likeness (QED) is 0.889. The SMILES string of the molecule is CNc1cc(C2CCCN2Cc2ncc[nH]2)nc(C)n1. The summed E-state index contributed by atoms with van der Waals surface area (Å²) in [5.41, 5.74) is 1.10. The highest BCUT2D eigenvalue weighted by molar-refractivity contribution is 5.36. The summed E-state index contributed by atoms with van der Waals surface area (Å²) < 4.78 is 0. The first-order chi connectivity index (χ1) is 9.76. The number of aryl methyl sites for hydroxylation is 1. The van der Waals surface area contributed by atoms with Crippen molar-refractivity contribution in [2.75, 3.05) is 18.9 Å². The lowest BCUT2D eigenvalue weighted by molar-refractivity contribution is 0.238. The Balaban J connectivity index is 1.82. The van der Waals surface area contributed by atoms with Gasteiger partial charge in [0.15, 0.2) is 0 Å². The van der Waals surface area contributed by atoms with E-state index in [0.29, 0.717) is 6.04 Å². The molecule has 20 heavy (non-hydrogen) atoms. The molecule has 0 aliphatic carbocycles. The Kier molecular flexibility index (Phi) is 3.64. The molecular formula is C14H20N6. The molecule has 0 bridgehead atoms. The van der Waals surface area contributed by atoms with Crippen LogP contribution in [0.3, 0.4) is 0 Å². The second-order valence-corrected chi connectivity index (χ2v) is 5.14. The number of anilines is 1. The molecule has 1 aliphatic rings. The molecule has 1 fully saturated rings. The molecule has 2 aromatic heterocycles. The van der Waals surface area contributed by atoms with Gasteiger partial charge in [0.1, 0.15) is 17.5 Å². The van der Waals surface area contributed by atoms with Crippen molar-refractivity contribution in [1.29, 1.82) is 0 Å². The van der Waals surface area contributed by atoms with Crippen molar-refractivity contribution in [3.8, 4) is 0 Å². The van der Waals surface area contributed by atoms with Gasteiger partial charge in [-0.1, -0.05) is 0 Å². The summed E-state index contributed by atoms with van der Waals surface area (Å²) in [4.78, 5) is 18.9. The van der Waals surface area contributed by atoms with Gasteiger partial charge < -0.3 is 10.3 Å². The van der Waals surface area contributed by atoms with Crippen LogP contribution in [0.5, 0.6) is 0 Å². The summed E-state index contributed by atoms with van der Waals surface area (Å²) in [6, 6.07) is 2.41. The van der Waals surface area contributed by atoms with Crippen LogP contribution < -0.4 is 5.32 Å². The Bertz CT molecular complexity index is 565. The average molecular weight is 272 g/mol. The lowest BCUT2D eigenvalue weighted by Gasteiger charge is -2.23. The highest BCUT2D eigenvalue weighted by Gasteiger charge is 2.28. The van der Waals surface area contributed by atoms with Crippen molar-refractivity contribution in [3.63, 3.8) is 0 Å². The lowest BCUT2D eigenvalue weighted by atomic mass is 10.1. The maximum absolute atomic E-state index is 4.62. The van der Waals surface area contributed by atoms with Crippen LogP contribution in [0.2, 0.25) is 0 Å². The van der Waals surface area contributed by atoms with E-state index in [1.165, 1.54) is 6.42 Å². The van der Waals surface area contributed by atoms with Crippen molar-refractivity contribution in [1.82, 2.24) is 24.8 Å². The van der Waals surface area contributed by atoms with Crippen LogP contribution in [0.25, 0.3) is 0 Å². The molecule has 0 saturated carbocycles. The minimum absolute atomic E-state index is 0.355. The summed E-state index contributed by atoms with van der Waals surface area (Å²) in [5.74, 6) is 2.71. The maximum Gasteiger partial charge on any atom is 0.129 e. The molecule has 0 amide bonds. The molecule has 1 unspecified atom stereocenters. The fourth-order valence-electron chi connectivity index (χ4n) is 2.82. The van der Waals surface area contributed by atoms with Gasteiger partial charge in [-0.05, 0) is 26.3 Å². The summed E-state index contributed by atoms with van der Waals surface area (Å²) in [6.07, 6.45) is 6.01. The fourth-order valence-corrected chi connectivity index (χ4v) is 2.82. The number of imidazole rings is 1. The predicted octanol–water partition coefficient (Wildman–Crippen LogP) is 1.89. The summed E-state index contributed by atoms with van der Waals surface area (Å²) >= 11 is 0. The molecule has 1 saturated heterocycles. The molecule has 2 N–H and O–H groups in total. The first kappa shape index (κ1) is 13.1. The van der Waals surface area contributed by atoms with Crippen molar-refractivity contribution in [3.05, 3.63) is 35.8 Å². The molecule has 0 spiro atoms. The number of likely N-dealkylation sites (tertiary alicyclic amines) is 1. The molecule has 3 heterocycles. The van der Waals surface area contributed by atoms with E-state index in [1.54, 1.807) is 6.20 Å².